The van der Waals surface area contributed by atoms with Gasteiger partial charge in [0.05, 0.1) is 18.0 Å². The lowest BCUT2D eigenvalue weighted by Gasteiger charge is -2.29. The smallest absolute Gasteiger partial charge is 0.230 e. The first-order valence-electron chi connectivity index (χ1n) is 11.6. The number of aromatic nitrogens is 4. The van der Waals surface area contributed by atoms with Crippen molar-refractivity contribution < 1.29 is 14.3 Å². The number of carbonyl (C=O) groups is 1. The fraction of sp³-hybridized carbons (Fsp3) is 0.727. The molecule has 3 unspecified atom stereocenters. The van der Waals surface area contributed by atoms with Crippen LogP contribution in [0.25, 0.3) is 11.2 Å². The van der Waals surface area contributed by atoms with Gasteiger partial charge >= 0.3 is 0 Å². The predicted octanol–water partition coefficient (Wildman–Crippen LogP) is 2.87. The SMILES string of the molecule is CCCn1c2c(c3nnc(SCC(=O)NCC4CCC5OCOC5C4)nc31)CCCC2. The Kier molecular flexibility index (Phi) is 6.43. The van der Waals surface area contributed by atoms with Gasteiger partial charge < -0.3 is 19.4 Å². The number of nitrogens with one attached hydrogen (secondary N) is 1. The second-order valence-corrected chi connectivity index (χ2v) is 9.79. The van der Waals surface area contributed by atoms with E-state index in [1.165, 1.54) is 35.9 Å². The molecule has 1 amide bonds. The molecule has 0 aromatic carbocycles. The van der Waals surface area contributed by atoms with E-state index in [1.807, 2.05) is 0 Å². The number of hydrogen-bond donors (Lipinski definition) is 1. The highest BCUT2D eigenvalue weighted by molar-refractivity contribution is 7.99. The summed E-state index contributed by atoms with van der Waals surface area (Å²) in [5.41, 5.74) is 4.60. The van der Waals surface area contributed by atoms with Gasteiger partial charge in [-0.05, 0) is 57.3 Å². The molecule has 2 aliphatic carbocycles. The molecule has 0 bridgehead atoms. The Hall–Kier alpha value is -1.71. The van der Waals surface area contributed by atoms with Crippen LogP contribution < -0.4 is 5.32 Å². The van der Waals surface area contributed by atoms with E-state index in [1.54, 1.807) is 0 Å². The van der Waals surface area contributed by atoms with Crippen LogP contribution in [-0.2, 0) is 33.7 Å². The molecule has 1 saturated heterocycles. The van der Waals surface area contributed by atoms with Crippen LogP contribution in [0, 0.1) is 5.92 Å². The van der Waals surface area contributed by atoms with E-state index < -0.39 is 0 Å². The summed E-state index contributed by atoms with van der Waals surface area (Å²) in [6.07, 6.45) is 9.14. The summed E-state index contributed by atoms with van der Waals surface area (Å²) in [7, 11) is 0. The molecule has 2 aromatic rings. The van der Waals surface area contributed by atoms with Crippen molar-refractivity contribution in [1.29, 1.82) is 0 Å². The Labute approximate surface area is 186 Å². The lowest BCUT2D eigenvalue weighted by atomic mass is 9.85. The second kappa shape index (κ2) is 9.42. The quantitative estimate of drug-likeness (QED) is 0.655. The van der Waals surface area contributed by atoms with Crippen LogP contribution in [0.3, 0.4) is 0 Å². The summed E-state index contributed by atoms with van der Waals surface area (Å²) < 4.78 is 13.5. The normalized spacial score (nSPS) is 25.4. The van der Waals surface area contributed by atoms with Crippen molar-refractivity contribution in [3.63, 3.8) is 0 Å². The monoisotopic (exact) mass is 445 g/mol. The third-order valence-corrected chi connectivity index (χ3v) is 7.56. The molecule has 1 saturated carbocycles. The molecular formula is C22H31N5O3S. The zero-order chi connectivity index (χ0) is 21.2. The summed E-state index contributed by atoms with van der Waals surface area (Å²) in [6.45, 7) is 4.24. The molecule has 31 heavy (non-hydrogen) atoms. The Morgan fingerprint density at radius 3 is 2.97 bits per heavy atom. The second-order valence-electron chi connectivity index (χ2n) is 8.85. The standard InChI is InChI=1S/C22H31N5O3S/c1-2-9-27-16-6-4-3-5-15(16)20-21(27)24-22(26-25-20)31-12-19(28)23-11-14-7-8-17-18(10-14)30-13-29-17/h14,17-18H,2-13H2,1H3,(H,23,28). The lowest BCUT2D eigenvalue weighted by molar-refractivity contribution is -0.118. The highest BCUT2D eigenvalue weighted by Crippen LogP contribution is 2.32. The molecular weight excluding hydrogens is 414 g/mol. The van der Waals surface area contributed by atoms with E-state index in [9.17, 15) is 4.79 Å². The molecule has 1 aliphatic heterocycles. The first kappa shape index (κ1) is 21.2. The van der Waals surface area contributed by atoms with Crippen molar-refractivity contribution in [2.45, 2.75) is 82.2 Å². The van der Waals surface area contributed by atoms with E-state index in [-0.39, 0.29) is 18.1 Å². The maximum atomic E-state index is 12.4. The minimum atomic E-state index is 0.0163. The fourth-order valence-corrected chi connectivity index (χ4v) is 5.78. The number of fused-ring (bicyclic) bond motifs is 4. The number of aryl methyl sites for hydroxylation is 2. The number of rotatable bonds is 7. The number of thioether (sulfide) groups is 1. The zero-order valence-corrected chi connectivity index (χ0v) is 19.0. The maximum absolute atomic E-state index is 12.4. The van der Waals surface area contributed by atoms with Gasteiger partial charge in [0.15, 0.2) is 5.65 Å². The molecule has 5 rings (SSSR count). The van der Waals surface area contributed by atoms with Gasteiger partial charge in [0.1, 0.15) is 12.3 Å². The number of amides is 1. The largest absolute Gasteiger partial charge is 0.355 e. The van der Waals surface area contributed by atoms with E-state index >= 15 is 0 Å². The Bertz CT molecular complexity index is 949. The van der Waals surface area contributed by atoms with Crippen molar-refractivity contribution in [3.05, 3.63) is 11.3 Å². The van der Waals surface area contributed by atoms with Gasteiger partial charge in [-0.3, -0.25) is 4.79 Å². The molecule has 1 N–H and O–H groups in total. The highest BCUT2D eigenvalue weighted by atomic mass is 32.2. The Balaban J connectivity index is 1.18. The van der Waals surface area contributed by atoms with Crippen molar-refractivity contribution in [2.75, 3.05) is 19.1 Å². The van der Waals surface area contributed by atoms with Crippen LogP contribution in [0.15, 0.2) is 5.16 Å². The zero-order valence-electron chi connectivity index (χ0n) is 18.1. The fourth-order valence-electron chi connectivity index (χ4n) is 5.17. The van der Waals surface area contributed by atoms with Gasteiger partial charge in [-0.25, -0.2) is 4.98 Å². The number of carbonyl (C=O) groups excluding carboxylic acids is 1. The third kappa shape index (κ3) is 4.45. The van der Waals surface area contributed by atoms with Crippen LogP contribution in [0.2, 0.25) is 0 Å². The van der Waals surface area contributed by atoms with Crippen molar-refractivity contribution >= 4 is 28.8 Å². The van der Waals surface area contributed by atoms with Gasteiger partial charge in [-0.15, -0.1) is 10.2 Å². The van der Waals surface area contributed by atoms with Gasteiger partial charge in [0.2, 0.25) is 11.1 Å². The minimum Gasteiger partial charge on any atom is -0.355 e. The lowest BCUT2D eigenvalue weighted by Crippen LogP contribution is -2.37. The molecule has 168 valence electrons. The van der Waals surface area contributed by atoms with E-state index in [4.69, 9.17) is 14.5 Å². The summed E-state index contributed by atoms with van der Waals surface area (Å²) in [5.74, 6) is 0.775. The van der Waals surface area contributed by atoms with E-state index in [0.717, 1.165) is 56.2 Å². The molecule has 2 aromatic heterocycles. The molecule has 8 nitrogen and oxygen atoms in total. The van der Waals surface area contributed by atoms with Crippen LogP contribution in [0.5, 0.6) is 0 Å². The Morgan fingerprint density at radius 2 is 2.06 bits per heavy atom. The van der Waals surface area contributed by atoms with Gasteiger partial charge in [-0.2, -0.15) is 0 Å². The Morgan fingerprint density at radius 1 is 1.19 bits per heavy atom. The summed E-state index contributed by atoms with van der Waals surface area (Å²) in [5, 5.41) is 12.5. The number of hydrogen-bond acceptors (Lipinski definition) is 7. The molecule has 3 atom stereocenters. The molecule has 3 heterocycles. The topological polar surface area (TPSA) is 91.2 Å². The molecule has 0 radical (unpaired) electrons. The average molecular weight is 446 g/mol. The summed E-state index contributed by atoms with van der Waals surface area (Å²) >= 11 is 1.36. The van der Waals surface area contributed by atoms with Crippen molar-refractivity contribution in [2.24, 2.45) is 5.92 Å². The van der Waals surface area contributed by atoms with E-state index in [2.05, 4.69) is 27.0 Å². The molecule has 9 heteroatoms. The number of ether oxygens (including phenoxy) is 2. The third-order valence-electron chi connectivity index (χ3n) is 6.73. The minimum absolute atomic E-state index is 0.0163. The summed E-state index contributed by atoms with van der Waals surface area (Å²) in [6, 6.07) is 0. The van der Waals surface area contributed by atoms with Crippen LogP contribution >= 0.6 is 11.8 Å². The molecule has 0 spiro atoms. The molecule has 2 fully saturated rings. The van der Waals surface area contributed by atoms with Gasteiger partial charge in [0.25, 0.3) is 0 Å². The maximum Gasteiger partial charge on any atom is 0.230 e. The number of nitrogens with zero attached hydrogens (tertiary/aromatic N) is 4. The van der Waals surface area contributed by atoms with Crippen LogP contribution in [0.4, 0.5) is 0 Å². The first-order valence-corrected chi connectivity index (χ1v) is 12.6. The summed E-state index contributed by atoms with van der Waals surface area (Å²) in [4.78, 5) is 17.2. The van der Waals surface area contributed by atoms with E-state index in [0.29, 0.717) is 30.2 Å². The van der Waals surface area contributed by atoms with Gasteiger partial charge in [-0.1, -0.05) is 18.7 Å². The highest BCUT2D eigenvalue weighted by Gasteiger charge is 2.35. The predicted molar refractivity (Wildman–Crippen MR) is 118 cm³/mol. The average Bonchev–Trinajstić information content (AvgIpc) is 3.39. The molecule has 3 aliphatic rings. The van der Waals surface area contributed by atoms with Gasteiger partial charge in [0, 0.05) is 24.3 Å². The first-order chi connectivity index (χ1) is 15.2. The van der Waals surface area contributed by atoms with Crippen molar-refractivity contribution in [1.82, 2.24) is 25.1 Å². The van der Waals surface area contributed by atoms with Crippen LogP contribution in [0.1, 0.15) is 56.7 Å². The van der Waals surface area contributed by atoms with Crippen molar-refractivity contribution in [3.8, 4) is 0 Å². The van der Waals surface area contributed by atoms with Crippen LogP contribution in [-0.4, -0.2) is 57.0 Å².